The molecular weight excluding hydrogens is 290 g/mol. The second-order valence-corrected chi connectivity index (χ2v) is 5.71. The third-order valence-electron chi connectivity index (χ3n) is 4.39. The molecule has 2 aromatic carbocycles. The predicted molar refractivity (Wildman–Crippen MR) is 89.2 cm³/mol. The Morgan fingerprint density at radius 2 is 1.87 bits per heavy atom. The summed E-state index contributed by atoms with van der Waals surface area (Å²) in [6, 6.07) is 15.7. The number of benzene rings is 2. The van der Waals surface area contributed by atoms with Gasteiger partial charge in [0.15, 0.2) is 0 Å². The van der Waals surface area contributed by atoms with E-state index in [1.165, 1.54) is 5.56 Å². The van der Waals surface area contributed by atoms with Gasteiger partial charge in [-0.05, 0) is 24.1 Å². The number of hydrogen-bond acceptors (Lipinski definition) is 3. The van der Waals surface area contributed by atoms with E-state index < -0.39 is 0 Å². The van der Waals surface area contributed by atoms with Gasteiger partial charge in [-0.1, -0.05) is 30.3 Å². The summed E-state index contributed by atoms with van der Waals surface area (Å²) in [6.45, 7) is 1.52. The number of methoxy groups -OCH3 is 2. The van der Waals surface area contributed by atoms with Gasteiger partial charge in [-0.2, -0.15) is 0 Å². The molecule has 0 bridgehead atoms. The van der Waals surface area contributed by atoms with E-state index in [4.69, 9.17) is 9.47 Å². The number of hydrogen-bond donors (Lipinski definition) is 0. The molecule has 1 unspecified atom stereocenters. The topological polar surface area (TPSA) is 38.8 Å². The molecule has 3 rings (SSSR count). The van der Waals surface area contributed by atoms with Crippen molar-refractivity contribution >= 4 is 5.91 Å². The van der Waals surface area contributed by atoms with E-state index in [9.17, 15) is 4.79 Å². The Bertz CT molecular complexity index is 684. The van der Waals surface area contributed by atoms with Crippen molar-refractivity contribution in [2.45, 2.75) is 12.3 Å². The molecule has 2 aromatic rings. The lowest BCUT2D eigenvalue weighted by Crippen LogP contribution is -2.28. The van der Waals surface area contributed by atoms with Crippen molar-refractivity contribution in [2.75, 3.05) is 27.3 Å². The van der Waals surface area contributed by atoms with E-state index in [1.807, 2.05) is 23.1 Å². The molecule has 4 nitrogen and oxygen atoms in total. The minimum atomic E-state index is 0.0166. The van der Waals surface area contributed by atoms with Crippen molar-refractivity contribution in [3.8, 4) is 11.5 Å². The van der Waals surface area contributed by atoms with Crippen LogP contribution < -0.4 is 9.47 Å². The first-order valence-corrected chi connectivity index (χ1v) is 7.79. The molecule has 23 heavy (non-hydrogen) atoms. The maximum atomic E-state index is 12.8. The van der Waals surface area contributed by atoms with E-state index in [-0.39, 0.29) is 5.91 Å². The highest BCUT2D eigenvalue weighted by atomic mass is 16.5. The largest absolute Gasteiger partial charge is 0.497 e. The van der Waals surface area contributed by atoms with E-state index in [0.29, 0.717) is 23.0 Å². The number of nitrogens with zero attached hydrogens (tertiary/aromatic N) is 1. The summed E-state index contributed by atoms with van der Waals surface area (Å²) in [6.07, 6.45) is 0.994. The molecule has 0 spiro atoms. The third kappa shape index (κ3) is 3.16. The summed E-state index contributed by atoms with van der Waals surface area (Å²) in [5, 5.41) is 0. The number of likely N-dealkylation sites (tertiary alicyclic amines) is 1. The van der Waals surface area contributed by atoms with E-state index in [0.717, 1.165) is 19.5 Å². The van der Waals surface area contributed by atoms with Crippen LogP contribution in [0.2, 0.25) is 0 Å². The Hall–Kier alpha value is -2.49. The van der Waals surface area contributed by atoms with Crippen LogP contribution >= 0.6 is 0 Å². The normalized spacial score (nSPS) is 17.1. The first kappa shape index (κ1) is 15.4. The predicted octanol–water partition coefficient (Wildman–Crippen LogP) is 3.33. The maximum Gasteiger partial charge on any atom is 0.257 e. The smallest absolute Gasteiger partial charge is 0.257 e. The van der Waals surface area contributed by atoms with Gasteiger partial charge in [-0.25, -0.2) is 0 Å². The van der Waals surface area contributed by atoms with Crippen molar-refractivity contribution in [3.63, 3.8) is 0 Å². The fraction of sp³-hybridized carbons (Fsp3) is 0.316. The molecule has 1 fully saturated rings. The number of carbonyl (C=O) groups is 1. The fourth-order valence-electron chi connectivity index (χ4n) is 3.09. The van der Waals surface area contributed by atoms with Gasteiger partial charge in [-0.3, -0.25) is 4.79 Å². The van der Waals surface area contributed by atoms with Crippen LogP contribution in [0, 0.1) is 0 Å². The minimum Gasteiger partial charge on any atom is -0.497 e. The van der Waals surface area contributed by atoms with E-state index >= 15 is 0 Å². The monoisotopic (exact) mass is 311 g/mol. The highest BCUT2D eigenvalue weighted by Crippen LogP contribution is 2.31. The van der Waals surface area contributed by atoms with Crippen molar-refractivity contribution < 1.29 is 14.3 Å². The van der Waals surface area contributed by atoms with Gasteiger partial charge in [0.05, 0.1) is 19.8 Å². The summed E-state index contributed by atoms with van der Waals surface area (Å²) in [5.74, 6) is 1.66. The summed E-state index contributed by atoms with van der Waals surface area (Å²) in [4.78, 5) is 14.7. The lowest BCUT2D eigenvalue weighted by molar-refractivity contribution is 0.0787. The van der Waals surface area contributed by atoms with Crippen LogP contribution in [0.15, 0.2) is 48.5 Å². The molecular formula is C19H21NO3. The minimum absolute atomic E-state index is 0.0166. The molecule has 1 aliphatic heterocycles. The maximum absolute atomic E-state index is 12.8. The van der Waals surface area contributed by atoms with Crippen molar-refractivity contribution in [1.29, 1.82) is 0 Å². The molecule has 0 N–H and O–H groups in total. The first-order valence-electron chi connectivity index (χ1n) is 7.79. The lowest BCUT2D eigenvalue weighted by Gasteiger charge is -2.18. The zero-order chi connectivity index (χ0) is 16.2. The molecule has 0 saturated carbocycles. The summed E-state index contributed by atoms with van der Waals surface area (Å²) < 4.78 is 10.5. The number of ether oxygens (including phenoxy) is 2. The first-order chi connectivity index (χ1) is 11.2. The molecule has 0 aliphatic carbocycles. The average molecular weight is 311 g/mol. The number of amides is 1. The summed E-state index contributed by atoms with van der Waals surface area (Å²) >= 11 is 0. The standard InChI is InChI=1S/C19H21NO3/c1-22-16-8-9-17(18(12-16)23-2)19(21)20-11-10-15(13-20)14-6-4-3-5-7-14/h3-9,12,15H,10-11,13H2,1-2H3. The van der Waals surface area contributed by atoms with E-state index in [1.54, 1.807) is 32.4 Å². The Morgan fingerprint density at radius 1 is 1.09 bits per heavy atom. The Morgan fingerprint density at radius 3 is 2.57 bits per heavy atom. The SMILES string of the molecule is COc1ccc(C(=O)N2CCC(c3ccccc3)C2)c(OC)c1. The summed E-state index contributed by atoms with van der Waals surface area (Å²) in [7, 11) is 3.17. The van der Waals surface area contributed by atoms with Gasteiger partial charge in [-0.15, -0.1) is 0 Å². The van der Waals surface area contributed by atoms with Crippen LogP contribution in [0.5, 0.6) is 11.5 Å². The molecule has 1 aliphatic rings. The fourth-order valence-corrected chi connectivity index (χ4v) is 3.09. The van der Waals surface area contributed by atoms with Gasteiger partial charge in [0.25, 0.3) is 5.91 Å². The Balaban J connectivity index is 1.77. The lowest BCUT2D eigenvalue weighted by atomic mass is 9.99. The zero-order valence-electron chi connectivity index (χ0n) is 13.5. The van der Waals surface area contributed by atoms with Crippen LogP contribution in [0.4, 0.5) is 0 Å². The van der Waals surface area contributed by atoms with Crippen LogP contribution in [0.25, 0.3) is 0 Å². The zero-order valence-corrected chi connectivity index (χ0v) is 13.5. The van der Waals surface area contributed by atoms with Gasteiger partial charge >= 0.3 is 0 Å². The quantitative estimate of drug-likeness (QED) is 0.869. The van der Waals surface area contributed by atoms with Crippen molar-refractivity contribution in [3.05, 3.63) is 59.7 Å². The van der Waals surface area contributed by atoms with Crippen molar-refractivity contribution in [1.82, 2.24) is 4.90 Å². The highest BCUT2D eigenvalue weighted by molar-refractivity contribution is 5.97. The van der Waals surface area contributed by atoms with Crippen LogP contribution in [0.3, 0.4) is 0 Å². The highest BCUT2D eigenvalue weighted by Gasteiger charge is 2.29. The van der Waals surface area contributed by atoms with Crippen LogP contribution in [-0.4, -0.2) is 38.1 Å². The second-order valence-electron chi connectivity index (χ2n) is 5.71. The van der Waals surface area contributed by atoms with Gasteiger partial charge in [0.2, 0.25) is 0 Å². The number of carbonyl (C=O) groups excluding carboxylic acids is 1. The number of rotatable bonds is 4. The van der Waals surface area contributed by atoms with Crippen LogP contribution in [0.1, 0.15) is 28.3 Å². The third-order valence-corrected chi connectivity index (χ3v) is 4.39. The molecule has 0 aromatic heterocycles. The molecule has 0 radical (unpaired) electrons. The molecule has 1 atom stereocenters. The van der Waals surface area contributed by atoms with Crippen molar-refractivity contribution in [2.24, 2.45) is 0 Å². The van der Waals surface area contributed by atoms with Gasteiger partial charge in [0.1, 0.15) is 11.5 Å². The second kappa shape index (κ2) is 6.73. The van der Waals surface area contributed by atoms with E-state index in [2.05, 4.69) is 12.1 Å². The Kier molecular flexibility index (Phi) is 4.51. The molecule has 120 valence electrons. The average Bonchev–Trinajstić information content (AvgIpc) is 3.11. The molecule has 1 heterocycles. The van der Waals surface area contributed by atoms with Crippen LogP contribution in [-0.2, 0) is 0 Å². The summed E-state index contributed by atoms with van der Waals surface area (Å²) in [5.41, 5.74) is 1.88. The molecule has 1 amide bonds. The molecule has 1 saturated heterocycles. The molecule has 4 heteroatoms. The Labute approximate surface area is 136 Å². The van der Waals surface area contributed by atoms with Gasteiger partial charge < -0.3 is 14.4 Å². The van der Waals surface area contributed by atoms with Gasteiger partial charge in [0, 0.05) is 25.1 Å².